The normalized spacial score (nSPS) is 12.7. The zero-order chi connectivity index (χ0) is 27.3. The lowest BCUT2D eigenvalue weighted by atomic mass is 10.1. The van der Waals surface area contributed by atoms with Gasteiger partial charge < -0.3 is 10.2 Å². The molecule has 0 aliphatic rings. The van der Waals surface area contributed by atoms with Gasteiger partial charge in [-0.3, -0.25) is 13.9 Å². The zero-order valence-electron chi connectivity index (χ0n) is 21.6. The van der Waals surface area contributed by atoms with Gasteiger partial charge in [0.2, 0.25) is 21.8 Å². The fourth-order valence-electron chi connectivity index (χ4n) is 3.72. The predicted molar refractivity (Wildman–Crippen MR) is 142 cm³/mol. The van der Waals surface area contributed by atoms with Crippen LogP contribution in [0.2, 0.25) is 5.02 Å². The van der Waals surface area contributed by atoms with Crippen LogP contribution in [0.25, 0.3) is 0 Å². The Morgan fingerprint density at radius 3 is 2.33 bits per heavy atom. The Labute approximate surface area is 218 Å². The molecular weight excluding hydrogens is 505 g/mol. The van der Waals surface area contributed by atoms with Crippen LogP contribution in [0.3, 0.4) is 0 Å². The van der Waals surface area contributed by atoms with Crippen molar-refractivity contribution in [3.05, 3.63) is 64.4 Å². The van der Waals surface area contributed by atoms with Crippen LogP contribution < -0.4 is 9.62 Å². The molecule has 2 rings (SSSR count). The van der Waals surface area contributed by atoms with Gasteiger partial charge in [0.25, 0.3) is 0 Å². The third-order valence-corrected chi connectivity index (χ3v) is 7.21. The first-order chi connectivity index (χ1) is 16.6. The summed E-state index contributed by atoms with van der Waals surface area (Å²) in [5.41, 5.74) is 0.833. The first-order valence-electron chi connectivity index (χ1n) is 11.7. The molecule has 1 atom stereocenters. The van der Waals surface area contributed by atoms with E-state index in [1.165, 1.54) is 15.3 Å². The van der Waals surface area contributed by atoms with Crippen molar-refractivity contribution in [2.75, 3.05) is 17.1 Å². The average molecular weight is 540 g/mol. The summed E-state index contributed by atoms with van der Waals surface area (Å²) in [7, 11) is -3.64. The molecule has 2 amide bonds. The van der Waals surface area contributed by atoms with Gasteiger partial charge in [0.1, 0.15) is 11.9 Å². The van der Waals surface area contributed by atoms with Crippen molar-refractivity contribution in [1.29, 1.82) is 0 Å². The molecule has 2 aromatic rings. The minimum Gasteiger partial charge on any atom is -0.350 e. The Balaban J connectivity index is 2.24. The van der Waals surface area contributed by atoms with Gasteiger partial charge in [-0.05, 0) is 64.8 Å². The fraction of sp³-hybridized carbons (Fsp3) is 0.462. The van der Waals surface area contributed by atoms with Crippen molar-refractivity contribution < 1.29 is 22.4 Å². The number of amides is 2. The van der Waals surface area contributed by atoms with Crippen molar-refractivity contribution >= 4 is 39.1 Å². The molecule has 0 aromatic heterocycles. The molecule has 0 saturated heterocycles. The molecule has 0 aliphatic heterocycles. The van der Waals surface area contributed by atoms with Gasteiger partial charge in [0, 0.05) is 35.6 Å². The molecular formula is C26H35ClFN3O4S. The summed E-state index contributed by atoms with van der Waals surface area (Å²) in [5.74, 6) is -1.22. The summed E-state index contributed by atoms with van der Waals surface area (Å²) in [4.78, 5) is 27.5. The second-order valence-electron chi connectivity index (χ2n) is 9.85. The van der Waals surface area contributed by atoms with Crippen LogP contribution in [-0.2, 0) is 26.2 Å². The summed E-state index contributed by atoms with van der Waals surface area (Å²) in [5, 5.41) is 3.29. The highest BCUT2D eigenvalue weighted by Gasteiger charge is 2.29. The number of sulfonamides is 1. The molecule has 7 nitrogen and oxygen atoms in total. The molecule has 0 bridgehead atoms. The van der Waals surface area contributed by atoms with Gasteiger partial charge in [-0.2, -0.15) is 0 Å². The first-order valence-corrected chi connectivity index (χ1v) is 13.9. The Morgan fingerprint density at radius 1 is 1.11 bits per heavy atom. The zero-order valence-corrected chi connectivity index (χ0v) is 23.2. The van der Waals surface area contributed by atoms with E-state index in [1.54, 1.807) is 50.2 Å². The molecule has 36 heavy (non-hydrogen) atoms. The minimum absolute atomic E-state index is 0.0345. The number of rotatable bonds is 10. The number of carbonyl (C=O) groups excluding carboxylic acids is 2. The quantitative estimate of drug-likeness (QED) is 0.475. The molecule has 0 aliphatic carbocycles. The second-order valence-corrected chi connectivity index (χ2v) is 12.2. The number of benzene rings is 2. The van der Waals surface area contributed by atoms with Crippen LogP contribution >= 0.6 is 11.6 Å². The van der Waals surface area contributed by atoms with Gasteiger partial charge in [-0.1, -0.05) is 35.9 Å². The summed E-state index contributed by atoms with van der Waals surface area (Å²) >= 11 is 6.18. The van der Waals surface area contributed by atoms with Gasteiger partial charge in [0.15, 0.2) is 0 Å². The molecule has 0 radical (unpaired) electrons. The van der Waals surface area contributed by atoms with E-state index in [0.29, 0.717) is 16.3 Å². The van der Waals surface area contributed by atoms with Gasteiger partial charge in [-0.15, -0.1) is 0 Å². The lowest BCUT2D eigenvalue weighted by Gasteiger charge is -2.32. The topological polar surface area (TPSA) is 86.8 Å². The Bertz CT molecular complexity index is 1200. The van der Waals surface area contributed by atoms with Gasteiger partial charge in [0.05, 0.1) is 11.9 Å². The van der Waals surface area contributed by atoms with Crippen molar-refractivity contribution in [3.8, 4) is 0 Å². The van der Waals surface area contributed by atoms with E-state index in [1.807, 2.05) is 20.8 Å². The third kappa shape index (κ3) is 8.20. The van der Waals surface area contributed by atoms with Crippen LogP contribution in [0, 0.1) is 12.7 Å². The number of anilines is 1. The first kappa shape index (κ1) is 29.6. The van der Waals surface area contributed by atoms with Crippen molar-refractivity contribution in [2.45, 2.75) is 65.6 Å². The number of hydrogen-bond acceptors (Lipinski definition) is 4. The molecule has 0 unspecified atom stereocenters. The molecule has 198 valence electrons. The third-order valence-electron chi connectivity index (χ3n) is 5.62. The smallest absolute Gasteiger partial charge is 0.242 e. The highest BCUT2D eigenvalue weighted by molar-refractivity contribution is 7.92. The number of hydrogen-bond donors (Lipinski definition) is 1. The Hall–Kier alpha value is -2.65. The molecule has 2 aromatic carbocycles. The minimum atomic E-state index is -3.64. The highest BCUT2D eigenvalue weighted by Crippen LogP contribution is 2.28. The Morgan fingerprint density at radius 2 is 1.75 bits per heavy atom. The number of nitrogens with one attached hydrogen (secondary N) is 1. The van der Waals surface area contributed by atoms with Crippen molar-refractivity contribution in [2.24, 2.45) is 0 Å². The summed E-state index contributed by atoms with van der Waals surface area (Å²) in [6.07, 6.45) is 1.25. The fourth-order valence-corrected chi connectivity index (χ4v) is 4.90. The van der Waals surface area contributed by atoms with E-state index >= 15 is 0 Å². The average Bonchev–Trinajstić information content (AvgIpc) is 2.76. The van der Waals surface area contributed by atoms with E-state index in [4.69, 9.17) is 11.6 Å². The van der Waals surface area contributed by atoms with Crippen LogP contribution in [0.5, 0.6) is 0 Å². The largest absolute Gasteiger partial charge is 0.350 e. The van der Waals surface area contributed by atoms with E-state index in [0.717, 1.165) is 6.26 Å². The van der Waals surface area contributed by atoms with Crippen molar-refractivity contribution in [3.63, 3.8) is 0 Å². The molecule has 1 N–H and O–H groups in total. The molecule has 0 fully saturated rings. The summed E-state index contributed by atoms with van der Waals surface area (Å²) in [6, 6.07) is 10.2. The lowest BCUT2D eigenvalue weighted by molar-refractivity contribution is -0.141. The maximum absolute atomic E-state index is 14.4. The predicted octanol–water partition coefficient (Wildman–Crippen LogP) is 4.67. The molecule has 10 heteroatoms. The number of halogens is 2. The molecule has 0 heterocycles. The SMILES string of the molecule is Cc1c(Cl)cccc1N(CCCC(=O)N(Cc1ccccc1F)[C@@H](C)C(=O)NC(C)(C)C)S(C)(=O)=O. The van der Waals surface area contributed by atoms with Crippen LogP contribution in [0.4, 0.5) is 10.1 Å². The standard InChI is InChI=1S/C26H35ClFN3O4S/c1-18-21(27)12-9-14-23(18)31(36(6,34)35)16-10-15-24(32)30(17-20-11-7-8-13-22(20)28)19(2)25(33)29-26(3,4)5/h7-9,11-14,19H,10,15-17H2,1-6H3,(H,29,33)/t19-/m0/s1. The second kappa shape index (κ2) is 12.1. The van der Waals surface area contributed by atoms with E-state index < -0.39 is 27.4 Å². The van der Waals surface area contributed by atoms with E-state index in [-0.39, 0.29) is 43.3 Å². The number of nitrogens with zero attached hydrogens (tertiary/aromatic N) is 2. The molecule has 0 saturated carbocycles. The van der Waals surface area contributed by atoms with Crippen LogP contribution in [-0.4, -0.2) is 49.5 Å². The van der Waals surface area contributed by atoms with Crippen LogP contribution in [0.15, 0.2) is 42.5 Å². The Kier molecular flexibility index (Phi) is 9.91. The maximum atomic E-state index is 14.4. The summed E-state index contributed by atoms with van der Waals surface area (Å²) < 4.78 is 40.6. The van der Waals surface area contributed by atoms with Gasteiger partial charge >= 0.3 is 0 Å². The molecule has 0 spiro atoms. The maximum Gasteiger partial charge on any atom is 0.242 e. The number of carbonyl (C=O) groups is 2. The highest BCUT2D eigenvalue weighted by atomic mass is 35.5. The van der Waals surface area contributed by atoms with E-state index in [9.17, 15) is 22.4 Å². The van der Waals surface area contributed by atoms with E-state index in [2.05, 4.69) is 5.32 Å². The van der Waals surface area contributed by atoms with Gasteiger partial charge in [-0.25, -0.2) is 12.8 Å². The lowest BCUT2D eigenvalue weighted by Crippen LogP contribution is -2.52. The summed E-state index contributed by atoms with van der Waals surface area (Å²) in [6.45, 7) is 8.77. The van der Waals surface area contributed by atoms with Crippen molar-refractivity contribution in [1.82, 2.24) is 10.2 Å². The monoisotopic (exact) mass is 539 g/mol. The van der Waals surface area contributed by atoms with Crippen LogP contribution in [0.1, 0.15) is 51.7 Å².